The maximum absolute atomic E-state index is 8.71. The molecule has 1 atom stereocenters. The highest BCUT2D eigenvalue weighted by molar-refractivity contribution is 5.36. The molecule has 1 fully saturated rings. The van der Waals surface area contributed by atoms with Crippen LogP contribution in [0, 0.1) is 23.7 Å². The topological polar surface area (TPSA) is 23.5 Å². The largest absolute Gasteiger partial charge is 0.384 e. The number of nitrogens with zero attached hydrogens (tertiary/aromatic N) is 1. The van der Waals surface area contributed by atoms with E-state index in [1.807, 2.05) is 12.1 Å². The number of hydrogen-bond donors (Lipinski definition) is 1. The van der Waals surface area contributed by atoms with Gasteiger partial charge in [0.1, 0.15) is 6.61 Å². The average Bonchev–Trinajstić information content (AvgIpc) is 2.72. The van der Waals surface area contributed by atoms with E-state index in [9.17, 15) is 0 Å². The van der Waals surface area contributed by atoms with E-state index in [0.717, 1.165) is 23.9 Å². The highest BCUT2D eigenvalue weighted by Gasteiger charge is 2.19. The Morgan fingerprint density at radius 2 is 1.95 bits per heavy atom. The highest BCUT2D eigenvalue weighted by Crippen LogP contribution is 2.25. The lowest BCUT2D eigenvalue weighted by Crippen LogP contribution is -2.24. The first kappa shape index (κ1) is 16.1. The minimum absolute atomic E-state index is 0.0768. The van der Waals surface area contributed by atoms with Gasteiger partial charge in [0, 0.05) is 12.1 Å². The summed E-state index contributed by atoms with van der Waals surface area (Å²) < 4.78 is 0. The van der Waals surface area contributed by atoms with Crippen molar-refractivity contribution in [2.45, 2.75) is 39.7 Å². The molecule has 1 aromatic carbocycles. The van der Waals surface area contributed by atoms with Gasteiger partial charge < -0.3 is 5.11 Å². The van der Waals surface area contributed by atoms with Crippen molar-refractivity contribution in [2.75, 3.05) is 19.7 Å². The molecule has 1 aliphatic heterocycles. The summed E-state index contributed by atoms with van der Waals surface area (Å²) in [5.41, 5.74) is 2.33. The predicted molar refractivity (Wildman–Crippen MR) is 87.9 cm³/mol. The molecular weight excluding hydrogens is 258 g/mol. The van der Waals surface area contributed by atoms with E-state index in [1.54, 1.807) is 0 Å². The van der Waals surface area contributed by atoms with Crippen molar-refractivity contribution in [3.63, 3.8) is 0 Å². The molecule has 1 unspecified atom stereocenters. The highest BCUT2D eigenvalue weighted by atomic mass is 16.2. The molecule has 2 nitrogen and oxygen atoms in total. The number of aliphatic hydroxyl groups excluding tert-OH is 1. The molecule has 1 aliphatic rings. The van der Waals surface area contributed by atoms with E-state index >= 15 is 0 Å². The van der Waals surface area contributed by atoms with Crippen LogP contribution in [0.3, 0.4) is 0 Å². The molecular formula is C19H27NO. The number of hydrogen-bond acceptors (Lipinski definition) is 2. The molecule has 1 saturated heterocycles. The molecule has 0 spiro atoms. The lowest BCUT2D eigenvalue weighted by molar-refractivity contribution is 0.265. The van der Waals surface area contributed by atoms with Gasteiger partial charge >= 0.3 is 0 Å². The molecule has 0 saturated carbocycles. The van der Waals surface area contributed by atoms with Crippen molar-refractivity contribution in [3.05, 3.63) is 35.4 Å². The van der Waals surface area contributed by atoms with E-state index in [1.165, 1.54) is 37.9 Å². The van der Waals surface area contributed by atoms with Gasteiger partial charge in [-0.05, 0) is 61.9 Å². The van der Waals surface area contributed by atoms with E-state index in [0.29, 0.717) is 0 Å². The van der Waals surface area contributed by atoms with Gasteiger partial charge in [-0.2, -0.15) is 0 Å². The van der Waals surface area contributed by atoms with Crippen LogP contribution in [-0.2, 0) is 6.54 Å². The van der Waals surface area contributed by atoms with Gasteiger partial charge in [0.25, 0.3) is 0 Å². The second-order valence-electron chi connectivity index (χ2n) is 6.37. The SMILES string of the molecule is CC(C)C1CCCN(Cc2ccc(C#CCO)cc2)CC1. The van der Waals surface area contributed by atoms with Crippen LogP contribution in [0.15, 0.2) is 24.3 Å². The Bertz CT molecular complexity index is 481. The number of aliphatic hydroxyl groups is 1. The summed E-state index contributed by atoms with van der Waals surface area (Å²) in [6.07, 6.45) is 4.03. The molecule has 1 aromatic rings. The molecule has 2 rings (SSSR count). The van der Waals surface area contributed by atoms with Crippen LogP contribution in [0.1, 0.15) is 44.2 Å². The fourth-order valence-corrected chi connectivity index (χ4v) is 3.10. The minimum atomic E-state index is -0.0768. The second-order valence-corrected chi connectivity index (χ2v) is 6.37. The maximum atomic E-state index is 8.71. The van der Waals surface area contributed by atoms with Crippen molar-refractivity contribution in [2.24, 2.45) is 11.8 Å². The fourth-order valence-electron chi connectivity index (χ4n) is 3.10. The van der Waals surface area contributed by atoms with Gasteiger partial charge in [0.05, 0.1) is 0 Å². The summed E-state index contributed by atoms with van der Waals surface area (Å²) in [6, 6.07) is 8.41. The first-order valence-corrected chi connectivity index (χ1v) is 8.10. The Balaban J connectivity index is 1.89. The van der Waals surface area contributed by atoms with Crippen LogP contribution in [-0.4, -0.2) is 29.7 Å². The Morgan fingerprint density at radius 3 is 2.62 bits per heavy atom. The van der Waals surface area contributed by atoms with Crippen molar-refractivity contribution >= 4 is 0 Å². The summed E-state index contributed by atoms with van der Waals surface area (Å²) in [6.45, 7) is 8.11. The van der Waals surface area contributed by atoms with Gasteiger partial charge in [0.15, 0.2) is 0 Å². The normalized spacial score (nSPS) is 19.9. The Labute approximate surface area is 129 Å². The van der Waals surface area contributed by atoms with Crippen molar-refractivity contribution in [1.82, 2.24) is 4.90 Å². The molecule has 114 valence electrons. The van der Waals surface area contributed by atoms with Gasteiger partial charge in [0.2, 0.25) is 0 Å². The van der Waals surface area contributed by atoms with Gasteiger partial charge in [-0.3, -0.25) is 4.90 Å². The Hall–Kier alpha value is -1.30. The zero-order valence-electron chi connectivity index (χ0n) is 13.3. The van der Waals surface area contributed by atoms with Crippen LogP contribution in [0.2, 0.25) is 0 Å². The van der Waals surface area contributed by atoms with E-state index in [2.05, 4.69) is 42.7 Å². The summed E-state index contributed by atoms with van der Waals surface area (Å²) in [7, 11) is 0. The van der Waals surface area contributed by atoms with Gasteiger partial charge in [-0.1, -0.05) is 37.8 Å². The second kappa shape index (κ2) is 8.22. The molecule has 21 heavy (non-hydrogen) atoms. The van der Waals surface area contributed by atoms with Crippen LogP contribution in [0.25, 0.3) is 0 Å². The number of likely N-dealkylation sites (tertiary alicyclic amines) is 1. The van der Waals surface area contributed by atoms with Crippen molar-refractivity contribution < 1.29 is 5.11 Å². The maximum Gasteiger partial charge on any atom is 0.104 e. The predicted octanol–water partition coefficient (Wildman–Crippen LogP) is 3.29. The summed E-state index contributed by atoms with van der Waals surface area (Å²) >= 11 is 0. The van der Waals surface area contributed by atoms with Gasteiger partial charge in [-0.25, -0.2) is 0 Å². The molecule has 0 radical (unpaired) electrons. The Kier molecular flexibility index (Phi) is 6.29. The standard InChI is InChI=1S/C19H27NO/c1-16(2)19-6-3-12-20(13-11-19)15-18-9-7-17(8-10-18)5-4-14-21/h7-10,16,19,21H,3,6,11-15H2,1-2H3. The average molecular weight is 285 g/mol. The summed E-state index contributed by atoms with van der Waals surface area (Å²) in [5, 5.41) is 8.71. The third kappa shape index (κ3) is 5.19. The van der Waals surface area contributed by atoms with Crippen LogP contribution in [0.4, 0.5) is 0 Å². The van der Waals surface area contributed by atoms with E-state index < -0.39 is 0 Å². The van der Waals surface area contributed by atoms with E-state index in [4.69, 9.17) is 5.11 Å². The molecule has 0 aliphatic carbocycles. The van der Waals surface area contributed by atoms with Crippen LogP contribution >= 0.6 is 0 Å². The monoisotopic (exact) mass is 285 g/mol. The molecule has 1 N–H and O–H groups in total. The first-order chi connectivity index (χ1) is 10.2. The minimum Gasteiger partial charge on any atom is -0.384 e. The number of benzene rings is 1. The zero-order chi connectivity index (χ0) is 15.1. The fraction of sp³-hybridized carbons (Fsp3) is 0.579. The summed E-state index contributed by atoms with van der Waals surface area (Å²) in [4.78, 5) is 2.58. The summed E-state index contributed by atoms with van der Waals surface area (Å²) in [5.74, 6) is 7.33. The zero-order valence-corrected chi connectivity index (χ0v) is 13.3. The lowest BCUT2D eigenvalue weighted by atomic mass is 9.89. The van der Waals surface area contributed by atoms with Crippen LogP contribution < -0.4 is 0 Å². The van der Waals surface area contributed by atoms with Crippen LogP contribution in [0.5, 0.6) is 0 Å². The molecule has 0 aromatic heterocycles. The molecule has 2 heteroatoms. The molecule has 0 amide bonds. The lowest BCUT2D eigenvalue weighted by Gasteiger charge is -2.21. The Morgan fingerprint density at radius 1 is 1.19 bits per heavy atom. The third-order valence-electron chi connectivity index (χ3n) is 4.48. The number of rotatable bonds is 3. The van der Waals surface area contributed by atoms with Crippen molar-refractivity contribution in [1.29, 1.82) is 0 Å². The van der Waals surface area contributed by atoms with Gasteiger partial charge in [-0.15, -0.1) is 0 Å². The molecule has 1 heterocycles. The van der Waals surface area contributed by atoms with Crippen molar-refractivity contribution in [3.8, 4) is 11.8 Å². The van der Waals surface area contributed by atoms with E-state index in [-0.39, 0.29) is 6.61 Å². The first-order valence-electron chi connectivity index (χ1n) is 8.10. The smallest absolute Gasteiger partial charge is 0.104 e. The quantitative estimate of drug-likeness (QED) is 0.862. The third-order valence-corrected chi connectivity index (χ3v) is 4.48. The molecule has 0 bridgehead atoms.